The van der Waals surface area contributed by atoms with Gasteiger partial charge in [-0.25, -0.2) is 9.97 Å². The van der Waals surface area contributed by atoms with Gasteiger partial charge in [-0.3, -0.25) is 4.79 Å². The van der Waals surface area contributed by atoms with Crippen molar-refractivity contribution in [3.05, 3.63) is 16.7 Å². The lowest BCUT2D eigenvalue weighted by Crippen LogP contribution is -2.10. The third kappa shape index (κ3) is 2.83. The van der Waals surface area contributed by atoms with Crippen LogP contribution in [0.1, 0.15) is 19.8 Å². The molecule has 0 bridgehead atoms. The van der Waals surface area contributed by atoms with Crippen LogP contribution in [0.2, 0.25) is 0 Å². The highest BCUT2D eigenvalue weighted by atomic mass is 79.9. The standard InChI is InChI=1S/C13H14BrN3O2S/c1-13(2-3-13)7-17-11-9(4-8(14)5-15-11)16-12(17)20-6-10(18)19/h4-5H,2-3,6-7H2,1H3,(H,18,19). The molecule has 0 aliphatic heterocycles. The summed E-state index contributed by atoms with van der Waals surface area (Å²) in [6.45, 7) is 3.09. The molecule has 5 nitrogen and oxygen atoms in total. The molecule has 0 unspecified atom stereocenters. The maximum Gasteiger partial charge on any atom is 0.313 e. The van der Waals surface area contributed by atoms with Crippen molar-refractivity contribution in [1.82, 2.24) is 14.5 Å². The Morgan fingerprint density at radius 3 is 3.00 bits per heavy atom. The first-order chi connectivity index (χ1) is 9.47. The van der Waals surface area contributed by atoms with E-state index in [0.29, 0.717) is 5.41 Å². The van der Waals surface area contributed by atoms with Gasteiger partial charge in [0, 0.05) is 17.2 Å². The predicted molar refractivity (Wildman–Crippen MR) is 80.9 cm³/mol. The molecule has 3 rings (SSSR count). The Bertz CT molecular complexity index is 682. The molecule has 2 aromatic heterocycles. The molecule has 0 aromatic carbocycles. The number of hydrogen-bond acceptors (Lipinski definition) is 4. The number of carboxylic acid groups (broad SMARTS) is 1. The minimum absolute atomic E-state index is 0.0151. The summed E-state index contributed by atoms with van der Waals surface area (Å²) in [6, 6.07) is 1.92. The highest BCUT2D eigenvalue weighted by molar-refractivity contribution is 9.10. The average molecular weight is 356 g/mol. The summed E-state index contributed by atoms with van der Waals surface area (Å²) in [5.74, 6) is -0.818. The van der Waals surface area contributed by atoms with Gasteiger partial charge in [0.15, 0.2) is 10.8 Å². The van der Waals surface area contributed by atoms with Gasteiger partial charge in [-0.2, -0.15) is 0 Å². The molecule has 1 aliphatic rings. The highest BCUT2D eigenvalue weighted by Crippen LogP contribution is 2.47. The average Bonchev–Trinajstić information content (AvgIpc) is 3.00. The van der Waals surface area contributed by atoms with E-state index in [1.807, 2.05) is 6.07 Å². The lowest BCUT2D eigenvalue weighted by Gasteiger charge is -2.12. The summed E-state index contributed by atoms with van der Waals surface area (Å²) in [5.41, 5.74) is 1.94. The van der Waals surface area contributed by atoms with Crippen molar-refractivity contribution in [2.75, 3.05) is 5.75 Å². The molecule has 106 valence electrons. The summed E-state index contributed by atoms with van der Waals surface area (Å²) in [4.78, 5) is 19.7. The Balaban J connectivity index is 2.01. The van der Waals surface area contributed by atoms with Crippen LogP contribution >= 0.6 is 27.7 Å². The van der Waals surface area contributed by atoms with Crippen LogP contribution in [0.25, 0.3) is 11.2 Å². The molecule has 1 aliphatic carbocycles. The summed E-state index contributed by atoms with van der Waals surface area (Å²) >= 11 is 4.64. The Kier molecular flexibility index (Phi) is 3.50. The number of carboxylic acids is 1. The minimum Gasteiger partial charge on any atom is -0.481 e. The van der Waals surface area contributed by atoms with E-state index < -0.39 is 5.97 Å². The Morgan fingerprint density at radius 1 is 1.60 bits per heavy atom. The van der Waals surface area contributed by atoms with E-state index in [4.69, 9.17) is 5.11 Å². The van der Waals surface area contributed by atoms with Crippen LogP contribution in [0.5, 0.6) is 0 Å². The zero-order valence-corrected chi connectivity index (χ0v) is 13.4. The lowest BCUT2D eigenvalue weighted by molar-refractivity contribution is -0.133. The third-order valence-corrected chi connectivity index (χ3v) is 4.88. The van der Waals surface area contributed by atoms with E-state index in [2.05, 4.69) is 37.4 Å². The van der Waals surface area contributed by atoms with Crippen LogP contribution in [-0.2, 0) is 11.3 Å². The first-order valence-electron chi connectivity index (χ1n) is 6.33. The molecule has 2 aromatic rings. The number of nitrogens with zero attached hydrogens (tertiary/aromatic N) is 3. The molecule has 7 heteroatoms. The Labute approximate surface area is 128 Å². The van der Waals surface area contributed by atoms with Crippen LogP contribution in [0.15, 0.2) is 21.9 Å². The number of carbonyl (C=O) groups is 1. The zero-order valence-electron chi connectivity index (χ0n) is 11.0. The monoisotopic (exact) mass is 355 g/mol. The fourth-order valence-corrected chi connectivity index (χ4v) is 3.14. The van der Waals surface area contributed by atoms with E-state index in [1.54, 1.807) is 6.20 Å². The van der Waals surface area contributed by atoms with Crippen molar-refractivity contribution in [3.63, 3.8) is 0 Å². The molecule has 0 saturated heterocycles. The van der Waals surface area contributed by atoms with Crippen molar-refractivity contribution >= 4 is 44.8 Å². The van der Waals surface area contributed by atoms with Crippen LogP contribution in [0.4, 0.5) is 0 Å². The van der Waals surface area contributed by atoms with Gasteiger partial charge < -0.3 is 9.67 Å². The number of pyridine rings is 1. The van der Waals surface area contributed by atoms with E-state index >= 15 is 0 Å². The maximum absolute atomic E-state index is 10.8. The molecule has 2 heterocycles. The van der Waals surface area contributed by atoms with Gasteiger partial charge in [-0.1, -0.05) is 18.7 Å². The second-order valence-corrected chi connectivity index (χ2v) is 7.33. The molecule has 1 fully saturated rings. The number of imidazole rings is 1. The SMILES string of the molecule is CC1(Cn2c(SCC(=O)O)nc3cc(Br)cnc32)CC1. The van der Waals surface area contributed by atoms with Crippen LogP contribution in [-0.4, -0.2) is 31.4 Å². The molecule has 1 N–H and O–H groups in total. The smallest absolute Gasteiger partial charge is 0.313 e. The van der Waals surface area contributed by atoms with Crippen LogP contribution in [0.3, 0.4) is 0 Å². The quantitative estimate of drug-likeness (QED) is 0.834. The molecule has 0 amide bonds. The summed E-state index contributed by atoms with van der Waals surface area (Å²) in [7, 11) is 0. The van der Waals surface area contributed by atoms with Gasteiger partial charge >= 0.3 is 5.97 Å². The Morgan fingerprint density at radius 2 is 2.35 bits per heavy atom. The van der Waals surface area contributed by atoms with E-state index in [-0.39, 0.29) is 5.75 Å². The van der Waals surface area contributed by atoms with Gasteiger partial charge in [0.1, 0.15) is 5.52 Å². The topological polar surface area (TPSA) is 68.0 Å². The first-order valence-corrected chi connectivity index (χ1v) is 8.11. The van der Waals surface area contributed by atoms with Gasteiger partial charge in [0.05, 0.1) is 5.75 Å². The van der Waals surface area contributed by atoms with Gasteiger partial charge in [0.2, 0.25) is 0 Å². The maximum atomic E-state index is 10.8. The van der Waals surface area contributed by atoms with Crippen molar-refractivity contribution in [2.45, 2.75) is 31.5 Å². The number of thioether (sulfide) groups is 1. The van der Waals surface area contributed by atoms with Crippen molar-refractivity contribution < 1.29 is 9.90 Å². The van der Waals surface area contributed by atoms with E-state index in [9.17, 15) is 4.79 Å². The normalized spacial score (nSPS) is 16.5. The number of fused-ring (bicyclic) bond motifs is 1. The van der Waals surface area contributed by atoms with Gasteiger partial charge in [0.25, 0.3) is 0 Å². The van der Waals surface area contributed by atoms with Crippen LogP contribution < -0.4 is 0 Å². The largest absolute Gasteiger partial charge is 0.481 e. The van der Waals surface area contributed by atoms with Crippen molar-refractivity contribution in [2.24, 2.45) is 5.41 Å². The number of rotatable bonds is 5. The molecule has 0 radical (unpaired) electrons. The number of hydrogen-bond donors (Lipinski definition) is 1. The fraction of sp³-hybridized carbons (Fsp3) is 0.462. The number of aromatic nitrogens is 3. The molecule has 20 heavy (non-hydrogen) atoms. The fourth-order valence-electron chi connectivity index (χ4n) is 2.10. The Hall–Kier alpha value is -1.08. The summed E-state index contributed by atoms with van der Waals surface area (Å²) < 4.78 is 2.93. The second kappa shape index (κ2) is 5.04. The van der Waals surface area contributed by atoms with Crippen LogP contribution in [0, 0.1) is 5.41 Å². The lowest BCUT2D eigenvalue weighted by atomic mass is 10.1. The molecular formula is C13H14BrN3O2S. The zero-order chi connectivity index (χ0) is 14.3. The molecular weight excluding hydrogens is 342 g/mol. The minimum atomic E-state index is -0.833. The van der Waals surface area contributed by atoms with Crippen molar-refractivity contribution in [3.8, 4) is 0 Å². The van der Waals surface area contributed by atoms with E-state index in [0.717, 1.165) is 27.3 Å². The molecule has 1 saturated carbocycles. The van der Waals surface area contributed by atoms with Gasteiger partial charge in [-0.05, 0) is 40.3 Å². The van der Waals surface area contributed by atoms with Gasteiger partial charge in [-0.15, -0.1) is 0 Å². The first kappa shape index (κ1) is 13.9. The highest BCUT2D eigenvalue weighted by Gasteiger charge is 2.38. The summed E-state index contributed by atoms with van der Waals surface area (Å²) in [6.07, 6.45) is 4.15. The number of aliphatic carboxylic acids is 1. The predicted octanol–water partition coefficient (Wildman–Crippen LogP) is 3.17. The van der Waals surface area contributed by atoms with E-state index in [1.165, 1.54) is 24.6 Å². The summed E-state index contributed by atoms with van der Waals surface area (Å²) in [5, 5.41) is 9.59. The second-order valence-electron chi connectivity index (χ2n) is 5.47. The molecule has 0 atom stereocenters. The van der Waals surface area contributed by atoms with Crippen molar-refractivity contribution in [1.29, 1.82) is 0 Å². The third-order valence-electron chi connectivity index (χ3n) is 3.48. The number of halogens is 1. The molecule has 0 spiro atoms.